The second-order valence-corrected chi connectivity index (χ2v) is 5.74. The zero-order valence-electron chi connectivity index (χ0n) is 12.8. The molecule has 4 nitrogen and oxygen atoms in total. The van der Waals surface area contributed by atoms with E-state index in [1.54, 1.807) is 0 Å². The number of hydrogen-bond donors (Lipinski definition) is 1. The van der Waals surface area contributed by atoms with Gasteiger partial charge in [-0.2, -0.15) is 0 Å². The van der Waals surface area contributed by atoms with Crippen LogP contribution in [0.15, 0.2) is 0 Å². The van der Waals surface area contributed by atoms with Gasteiger partial charge in [0.05, 0.1) is 4.99 Å². The molecule has 0 rings (SSSR count). The average Bonchev–Trinajstić information content (AvgIpc) is 2.34. The third-order valence-corrected chi connectivity index (χ3v) is 3.51. The molecule has 0 aromatic rings. The van der Waals surface area contributed by atoms with Crippen LogP contribution in [0.2, 0.25) is 0 Å². The van der Waals surface area contributed by atoms with Crippen molar-refractivity contribution >= 4 is 23.1 Å². The quantitative estimate of drug-likeness (QED) is 0.623. The Balaban J connectivity index is 4.46. The van der Waals surface area contributed by atoms with Gasteiger partial charge in [0.15, 0.2) is 0 Å². The highest BCUT2D eigenvalue weighted by Crippen LogP contribution is 2.13. The maximum atomic E-state index is 12.4. The molecular weight excluding hydrogens is 258 g/mol. The molecule has 0 aliphatic heterocycles. The first-order valence-electron chi connectivity index (χ1n) is 7.14. The number of hydrogen-bond acceptors (Lipinski definition) is 3. The first-order valence-corrected chi connectivity index (χ1v) is 7.54. The lowest BCUT2D eigenvalue weighted by Crippen LogP contribution is -2.39. The van der Waals surface area contributed by atoms with Gasteiger partial charge < -0.3 is 15.5 Å². The number of nitrogens with two attached hydrogens (primary N) is 1. The highest BCUT2D eigenvalue weighted by atomic mass is 32.1. The fourth-order valence-corrected chi connectivity index (χ4v) is 2.14. The van der Waals surface area contributed by atoms with Crippen LogP contribution in [0.5, 0.6) is 0 Å². The van der Waals surface area contributed by atoms with Crippen LogP contribution < -0.4 is 5.73 Å². The van der Waals surface area contributed by atoms with Crippen LogP contribution in [0.25, 0.3) is 0 Å². The Kier molecular flexibility index (Phi) is 9.79. The molecule has 0 unspecified atom stereocenters. The molecule has 0 aliphatic carbocycles. The van der Waals surface area contributed by atoms with Crippen molar-refractivity contribution in [3.05, 3.63) is 0 Å². The molecule has 2 N–H and O–H groups in total. The van der Waals surface area contributed by atoms with Gasteiger partial charge in [-0.25, -0.2) is 0 Å². The summed E-state index contributed by atoms with van der Waals surface area (Å²) in [5.74, 6) is 0.380. The van der Waals surface area contributed by atoms with Crippen LogP contribution in [-0.4, -0.2) is 54.4 Å². The second kappa shape index (κ2) is 10.1. The first kappa shape index (κ1) is 18.3. The normalized spacial score (nSPS) is 11.1. The number of thiocarbonyl (C=S) groups is 1. The fourth-order valence-electron chi connectivity index (χ4n) is 2.05. The van der Waals surface area contributed by atoms with Crippen molar-refractivity contribution in [3.8, 4) is 0 Å². The molecule has 19 heavy (non-hydrogen) atoms. The van der Waals surface area contributed by atoms with Gasteiger partial charge in [-0.05, 0) is 39.9 Å². The monoisotopic (exact) mass is 287 g/mol. The van der Waals surface area contributed by atoms with E-state index in [-0.39, 0.29) is 11.8 Å². The molecule has 0 atom stereocenters. The van der Waals surface area contributed by atoms with E-state index in [9.17, 15) is 4.79 Å². The SMILES string of the molecule is CCC(CC)C(=O)N(CCCN(C)C)CCC(N)=S. The Morgan fingerprint density at radius 1 is 1.16 bits per heavy atom. The second-order valence-electron chi connectivity index (χ2n) is 5.21. The summed E-state index contributed by atoms with van der Waals surface area (Å²) in [5.41, 5.74) is 5.54. The summed E-state index contributed by atoms with van der Waals surface area (Å²) < 4.78 is 0. The van der Waals surface area contributed by atoms with Crippen molar-refractivity contribution in [1.82, 2.24) is 9.80 Å². The number of nitrogens with zero attached hydrogens (tertiary/aromatic N) is 2. The van der Waals surface area contributed by atoms with Gasteiger partial charge >= 0.3 is 0 Å². The van der Waals surface area contributed by atoms with Crippen molar-refractivity contribution in [2.24, 2.45) is 11.7 Å². The molecule has 5 heteroatoms. The number of rotatable bonds is 10. The Morgan fingerprint density at radius 3 is 2.16 bits per heavy atom. The minimum absolute atomic E-state index is 0.130. The van der Waals surface area contributed by atoms with Crippen LogP contribution in [0, 0.1) is 5.92 Å². The molecule has 0 heterocycles. The highest BCUT2D eigenvalue weighted by Gasteiger charge is 2.21. The molecular formula is C14H29N3OS. The van der Waals surface area contributed by atoms with Crippen molar-refractivity contribution < 1.29 is 4.79 Å². The summed E-state index contributed by atoms with van der Waals surface area (Å²) >= 11 is 4.91. The van der Waals surface area contributed by atoms with Gasteiger partial charge in [0.2, 0.25) is 5.91 Å². The minimum Gasteiger partial charge on any atom is -0.393 e. The lowest BCUT2D eigenvalue weighted by atomic mass is 10.0. The average molecular weight is 287 g/mol. The van der Waals surface area contributed by atoms with Gasteiger partial charge in [0.1, 0.15) is 0 Å². The van der Waals surface area contributed by atoms with Gasteiger partial charge in [-0.15, -0.1) is 0 Å². The summed E-state index contributed by atoms with van der Waals surface area (Å²) in [5, 5.41) is 0. The highest BCUT2D eigenvalue weighted by molar-refractivity contribution is 7.80. The van der Waals surface area contributed by atoms with Gasteiger partial charge in [0.25, 0.3) is 0 Å². The summed E-state index contributed by atoms with van der Waals surface area (Å²) in [7, 11) is 4.09. The third kappa shape index (κ3) is 8.16. The Morgan fingerprint density at radius 2 is 1.74 bits per heavy atom. The van der Waals surface area contributed by atoms with Gasteiger partial charge in [-0.1, -0.05) is 26.1 Å². The van der Waals surface area contributed by atoms with Crippen molar-refractivity contribution in [2.45, 2.75) is 39.5 Å². The van der Waals surface area contributed by atoms with E-state index >= 15 is 0 Å². The molecule has 0 saturated carbocycles. The predicted octanol–water partition coefficient (Wildman–Crippen LogP) is 1.88. The molecule has 0 aromatic carbocycles. The van der Waals surface area contributed by atoms with E-state index < -0.39 is 0 Å². The zero-order valence-corrected chi connectivity index (χ0v) is 13.6. The van der Waals surface area contributed by atoms with Crippen molar-refractivity contribution in [2.75, 3.05) is 33.7 Å². The topological polar surface area (TPSA) is 49.6 Å². The Bertz CT molecular complexity index is 278. The summed E-state index contributed by atoms with van der Waals surface area (Å²) in [6, 6.07) is 0. The van der Waals surface area contributed by atoms with Gasteiger partial charge in [-0.3, -0.25) is 4.79 Å². The van der Waals surface area contributed by atoms with E-state index in [2.05, 4.69) is 18.7 Å². The summed E-state index contributed by atoms with van der Waals surface area (Å²) in [6.45, 7) is 6.56. The smallest absolute Gasteiger partial charge is 0.225 e. The van der Waals surface area contributed by atoms with Crippen LogP contribution in [0.4, 0.5) is 0 Å². The number of carbonyl (C=O) groups is 1. The zero-order chi connectivity index (χ0) is 14.8. The third-order valence-electron chi connectivity index (χ3n) is 3.31. The lowest BCUT2D eigenvalue weighted by Gasteiger charge is -2.27. The van der Waals surface area contributed by atoms with Crippen molar-refractivity contribution in [1.29, 1.82) is 0 Å². The molecule has 0 radical (unpaired) electrons. The molecule has 112 valence electrons. The van der Waals surface area contributed by atoms with Crippen LogP contribution in [0.3, 0.4) is 0 Å². The van der Waals surface area contributed by atoms with E-state index in [1.807, 2.05) is 19.0 Å². The van der Waals surface area contributed by atoms with E-state index in [4.69, 9.17) is 18.0 Å². The molecule has 0 aliphatic rings. The fraction of sp³-hybridized carbons (Fsp3) is 0.857. The first-order chi connectivity index (χ1) is 8.92. The van der Waals surface area contributed by atoms with Crippen LogP contribution in [-0.2, 0) is 4.79 Å². The molecule has 0 saturated heterocycles. The maximum Gasteiger partial charge on any atom is 0.225 e. The number of amides is 1. The molecule has 0 aromatic heterocycles. The van der Waals surface area contributed by atoms with Crippen LogP contribution >= 0.6 is 12.2 Å². The maximum absolute atomic E-state index is 12.4. The van der Waals surface area contributed by atoms with E-state index in [0.29, 0.717) is 18.0 Å². The van der Waals surface area contributed by atoms with E-state index in [0.717, 1.165) is 32.4 Å². The standard InChI is InChI=1S/C14H29N3OS/c1-5-12(6-2)14(18)17(11-8-13(15)19)10-7-9-16(3)4/h12H,5-11H2,1-4H3,(H2,15,19). The largest absolute Gasteiger partial charge is 0.393 e. The molecule has 0 bridgehead atoms. The van der Waals surface area contributed by atoms with Gasteiger partial charge in [0, 0.05) is 25.4 Å². The van der Waals surface area contributed by atoms with Crippen molar-refractivity contribution in [3.63, 3.8) is 0 Å². The van der Waals surface area contributed by atoms with E-state index in [1.165, 1.54) is 0 Å². The molecule has 1 amide bonds. The lowest BCUT2D eigenvalue weighted by molar-refractivity contribution is -0.135. The Labute approximate surface area is 123 Å². The minimum atomic E-state index is 0.130. The summed E-state index contributed by atoms with van der Waals surface area (Å²) in [4.78, 5) is 17.0. The van der Waals surface area contributed by atoms with Crippen LogP contribution in [0.1, 0.15) is 39.5 Å². The Hall–Kier alpha value is -0.680. The molecule has 0 spiro atoms. The molecule has 0 fully saturated rings. The summed E-state index contributed by atoms with van der Waals surface area (Å²) in [6.07, 6.45) is 3.39. The predicted molar refractivity (Wildman–Crippen MR) is 85.2 cm³/mol. The number of carbonyl (C=O) groups excluding carboxylic acids is 1.